The molecule has 8 nitrogen and oxygen atoms in total. The van der Waals surface area contributed by atoms with Crippen LogP contribution in [0.1, 0.15) is 17.2 Å². The Morgan fingerprint density at radius 3 is 2.77 bits per heavy atom. The second-order valence-electron chi connectivity index (χ2n) is 6.41. The topological polar surface area (TPSA) is 89.5 Å². The van der Waals surface area contributed by atoms with E-state index in [4.69, 9.17) is 9.47 Å². The summed E-state index contributed by atoms with van der Waals surface area (Å²) in [6, 6.07) is 4.36. The lowest BCUT2D eigenvalue weighted by Gasteiger charge is -2.33. The van der Waals surface area contributed by atoms with E-state index in [1.807, 2.05) is 0 Å². The molecule has 158 valence electrons. The molecule has 12 heteroatoms. The summed E-state index contributed by atoms with van der Waals surface area (Å²) in [7, 11) is 1.47. The molecule has 4 rings (SSSR count). The molecule has 1 fully saturated rings. The van der Waals surface area contributed by atoms with Gasteiger partial charge in [0, 0.05) is 6.54 Å². The molecule has 0 bridgehead atoms. The van der Waals surface area contributed by atoms with Crippen LogP contribution in [0.4, 0.5) is 23.1 Å². The molecule has 1 unspecified atom stereocenters. The van der Waals surface area contributed by atoms with Crippen LogP contribution in [0.2, 0.25) is 0 Å². The molecule has 30 heavy (non-hydrogen) atoms. The van der Waals surface area contributed by atoms with Crippen molar-refractivity contribution in [2.45, 2.75) is 12.3 Å². The largest absolute Gasteiger partial charge is 0.479 e. The van der Waals surface area contributed by atoms with Gasteiger partial charge in [0.2, 0.25) is 5.88 Å². The van der Waals surface area contributed by atoms with E-state index in [1.54, 1.807) is 0 Å². The average Bonchev–Trinajstić information content (AvgIpc) is 3.15. The number of anilines is 1. The number of urea groups is 1. The Kier molecular flexibility index (Phi) is 5.43. The molecule has 1 saturated heterocycles. The van der Waals surface area contributed by atoms with Crippen molar-refractivity contribution in [1.82, 2.24) is 19.9 Å². The van der Waals surface area contributed by atoms with E-state index in [9.17, 15) is 18.0 Å². The minimum atomic E-state index is -4.40. The molecule has 1 aliphatic rings. The number of halogens is 3. The van der Waals surface area contributed by atoms with E-state index in [2.05, 4.69) is 20.3 Å². The van der Waals surface area contributed by atoms with Crippen molar-refractivity contribution in [1.29, 1.82) is 0 Å². The van der Waals surface area contributed by atoms with Crippen LogP contribution in [0.3, 0.4) is 0 Å². The summed E-state index contributed by atoms with van der Waals surface area (Å²) in [6.07, 6.45) is -3.57. The van der Waals surface area contributed by atoms with Crippen molar-refractivity contribution in [3.05, 3.63) is 41.7 Å². The van der Waals surface area contributed by atoms with Crippen molar-refractivity contribution in [2.75, 3.05) is 32.1 Å². The molecule has 1 aromatic carbocycles. The summed E-state index contributed by atoms with van der Waals surface area (Å²) in [6.45, 7) is 0.806. The van der Waals surface area contributed by atoms with Gasteiger partial charge in [-0.3, -0.25) is 5.32 Å². The zero-order chi connectivity index (χ0) is 21.3. The van der Waals surface area contributed by atoms with Gasteiger partial charge in [-0.05, 0) is 17.7 Å². The highest BCUT2D eigenvalue weighted by Crippen LogP contribution is 2.32. The van der Waals surface area contributed by atoms with Gasteiger partial charge >= 0.3 is 12.2 Å². The number of nitrogens with one attached hydrogen (secondary N) is 1. The fourth-order valence-corrected chi connectivity index (χ4v) is 3.82. The zero-order valence-corrected chi connectivity index (χ0v) is 16.5. The predicted octanol–water partition coefficient (Wildman–Crippen LogP) is 3.72. The minimum absolute atomic E-state index is 0.200. The zero-order valence-electron chi connectivity index (χ0n) is 15.6. The number of hydrogen-bond donors (Lipinski definition) is 1. The van der Waals surface area contributed by atoms with Crippen LogP contribution in [-0.2, 0) is 10.9 Å². The molecular weight excluding hydrogens is 423 g/mol. The number of hydrogen-bond acceptors (Lipinski definition) is 7. The Balaban J connectivity index is 1.45. The Morgan fingerprint density at radius 1 is 1.30 bits per heavy atom. The number of carbonyl (C=O) groups is 1. The van der Waals surface area contributed by atoms with Crippen LogP contribution >= 0.6 is 11.3 Å². The van der Waals surface area contributed by atoms with Gasteiger partial charge < -0.3 is 14.4 Å². The standard InChI is InChI=1S/C18H16F3N5O3S/c1-28-14-13-15(23-9-22-14)30-16(24-13)25-17(27)26-6-7-29-12(8-26)10-2-4-11(5-3-10)18(19,20)21/h2-5,9,12H,6-8H2,1H3,(H,24,25,27). The lowest BCUT2D eigenvalue weighted by Crippen LogP contribution is -2.44. The van der Waals surface area contributed by atoms with Gasteiger partial charge in [-0.1, -0.05) is 23.5 Å². The summed E-state index contributed by atoms with van der Waals surface area (Å²) in [4.78, 5) is 27.2. The maximum absolute atomic E-state index is 12.7. The van der Waals surface area contributed by atoms with Crippen molar-refractivity contribution in [3.63, 3.8) is 0 Å². The minimum Gasteiger partial charge on any atom is -0.479 e. The van der Waals surface area contributed by atoms with E-state index in [1.165, 1.54) is 41.8 Å². The van der Waals surface area contributed by atoms with Crippen LogP contribution in [-0.4, -0.2) is 52.7 Å². The van der Waals surface area contributed by atoms with Crippen LogP contribution in [0.5, 0.6) is 5.88 Å². The first-order valence-corrected chi connectivity index (χ1v) is 9.67. The Morgan fingerprint density at radius 2 is 2.07 bits per heavy atom. The van der Waals surface area contributed by atoms with E-state index in [0.717, 1.165) is 12.1 Å². The highest BCUT2D eigenvalue weighted by molar-refractivity contribution is 7.22. The summed E-state index contributed by atoms with van der Waals surface area (Å²) >= 11 is 1.18. The maximum Gasteiger partial charge on any atom is 0.416 e. The van der Waals surface area contributed by atoms with Crippen molar-refractivity contribution >= 4 is 32.8 Å². The lowest BCUT2D eigenvalue weighted by molar-refractivity contribution is -0.137. The fraction of sp³-hybridized carbons (Fsp3) is 0.333. The number of amides is 2. The first-order valence-electron chi connectivity index (χ1n) is 8.85. The Bertz CT molecular complexity index is 1060. The summed E-state index contributed by atoms with van der Waals surface area (Å²) in [5, 5.41) is 3.06. The van der Waals surface area contributed by atoms with Gasteiger partial charge in [0.15, 0.2) is 15.5 Å². The number of thiazole rings is 1. The van der Waals surface area contributed by atoms with E-state index in [-0.39, 0.29) is 19.2 Å². The van der Waals surface area contributed by atoms with Gasteiger partial charge in [-0.15, -0.1) is 0 Å². The number of rotatable bonds is 3. The number of ether oxygens (including phenoxy) is 2. The number of fused-ring (bicyclic) bond motifs is 1. The average molecular weight is 439 g/mol. The number of benzene rings is 1. The molecular formula is C18H16F3N5O3S. The van der Waals surface area contributed by atoms with Gasteiger partial charge in [-0.2, -0.15) is 18.2 Å². The third-order valence-electron chi connectivity index (χ3n) is 4.53. The molecule has 1 N–H and O–H groups in total. The Labute approximate surface area is 172 Å². The van der Waals surface area contributed by atoms with E-state index in [0.29, 0.717) is 33.5 Å². The molecule has 3 heterocycles. The van der Waals surface area contributed by atoms with Crippen molar-refractivity contribution in [3.8, 4) is 5.88 Å². The molecule has 1 aliphatic heterocycles. The van der Waals surface area contributed by atoms with Gasteiger partial charge in [0.05, 0.1) is 25.8 Å². The SMILES string of the molecule is COc1ncnc2sc(NC(=O)N3CCOC(c4ccc(C(F)(F)F)cc4)C3)nc12. The number of nitrogens with zero attached hydrogens (tertiary/aromatic N) is 4. The monoisotopic (exact) mass is 439 g/mol. The van der Waals surface area contributed by atoms with E-state index < -0.39 is 17.8 Å². The molecule has 0 spiro atoms. The molecule has 0 saturated carbocycles. The molecule has 0 radical (unpaired) electrons. The first kappa shape index (κ1) is 20.3. The smallest absolute Gasteiger partial charge is 0.416 e. The Hall–Kier alpha value is -2.99. The lowest BCUT2D eigenvalue weighted by atomic mass is 10.1. The van der Waals surface area contributed by atoms with E-state index >= 15 is 0 Å². The second-order valence-corrected chi connectivity index (χ2v) is 7.39. The summed E-state index contributed by atoms with van der Waals surface area (Å²) < 4.78 is 49.0. The van der Waals surface area contributed by atoms with Crippen LogP contribution in [0.15, 0.2) is 30.6 Å². The third-order valence-corrected chi connectivity index (χ3v) is 5.41. The summed E-state index contributed by atoms with van der Waals surface area (Å²) in [5.41, 5.74) is 0.288. The molecule has 2 amide bonds. The fourth-order valence-electron chi connectivity index (χ4n) is 3.03. The van der Waals surface area contributed by atoms with Crippen LogP contribution in [0, 0.1) is 0 Å². The highest BCUT2D eigenvalue weighted by atomic mass is 32.1. The van der Waals surface area contributed by atoms with Gasteiger partial charge in [0.25, 0.3) is 0 Å². The maximum atomic E-state index is 12.7. The van der Waals surface area contributed by atoms with Gasteiger partial charge in [0.1, 0.15) is 12.4 Å². The predicted molar refractivity (Wildman–Crippen MR) is 102 cm³/mol. The van der Waals surface area contributed by atoms with Crippen molar-refractivity contribution < 1.29 is 27.4 Å². The van der Waals surface area contributed by atoms with Crippen LogP contribution < -0.4 is 10.1 Å². The normalized spacial score (nSPS) is 17.2. The number of methoxy groups -OCH3 is 1. The third kappa shape index (κ3) is 4.14. The second kappa shape index (κ2) is 8.03. The quantitative estimate of drug-likeness (QED) is 0.669. The molecule has 0 aliphatic carbocycles. The molecule has 3 aromatic rings. The molecule has 2 aromatic heterocycles. The number of morpholine rings is 1. The number of carbonyl (C=O) groups excluding carboxylic acids is 1. The van der Waals surface area contributed by atoms with Gasteiger partial charge in [-0.25, -0.2) is 14.8 Å². The first-order chi connectivity index (χ1) is 14.3. The summed E-state index contributed by atoms with van der Waals surface area (Å²) in [5.74, 6) is 0.311. The highest BCUT2D eigenvalue weighted by Gasteiger charge is 2.31. The van der Waals surface area contributed by atoms with Crippen molar-refractivity contribution in [2.24, 2.45) is 0 Å². The number of aromatic nitrogens is 3. The van der Waals surface area contributed by atoms with Crippen LogP contribution in [0.25, 0.3) is 10.3 Å². The number of alkyl halides is 3. The molecule has 1 atom stereocenters.